The highest BCUT2D eigenvalue weighted by Crippen LogP contribution is 2.23. The lowest BCUT2D eigenvalue weighted by Crippen LogP contribution is -2.33. The zero-order chi connectivity index (χ0) is 13.7. The number of likely N-dealkylation sites (N-methyl/N-ethyl adjacent to an activating group) is 1. The van der Waals surface area contributed by atoms with Crippen LogP contribution < -0.4 is 16.0 Å². The van der Waals surface area contributed by atoms with Gasteiger partial charge in [0.2, 0.25) is 11.8 Å². The molecule has 0 saturated heterocycles. The third-order valence-electron chi connectivity index (χ3n) is 3.09. The molecule has 0 fully saturated rings. The molecule has 0 atom stereocenters. The van der Waals surface area contributed by atoms with Crippen molar-refractivity contribution in [3.8, 4) is 0 Å². The number of amides is 2. The van der Waals surface area contributed by atoms with E-state index >= 15 is 0 Å². The van der Waals surface area contributed by atoms with Gasteiger partial charge in [-0.25, -0.2) is 0 Å². The standard InChI is InChI=1S/C14H19N3O2/c1-2-15-9-14(19)16-8-10-3-5-12-11(7-10)4-6-13(18)17-12/h3,5,7,15H,2,4,6,8-9H2,1H3,(H,16,19)(H,17,18). The predicted molar refractivity (Wildman–Crippen MR) is 73.8 cm³/mol. The van der Waals surface area contributed by atoms with Crippen LogP contribution in [0.2, 0.25) is 0 Å². The average Bonchev–Trinajstić information content (AvgIpc) is 2.42. The molecule has 102 valence electrons. The molecule has 19 heavy (non-hydrogen) atoms. The van der Waals surface area contributed by atoms with Gasteiger partial charge in [-0.1, -0.05) is 19.1 Å². The topological polar surface area (TPSA) is 70.2 Å². The van der Waals surface area contributed by atoms with Crippen molar-refractivity contribution in [3.63, 3.8) is 0 Å². The number of carbonyl (C=O) groups is 2. The average molecular weight is 261 g/mol. The number of hydrogen-bond donors (Lipinski definition) is 3. The van der Waals surface area contributed by atoms with Crippen molar-refractivity contribution in [2.24, 2.45) is 0 Å². The summed E-state index contributed by atoms with van der Waals surface area (Å²) in [6, 6.07) is 5.87. The highest BCUT2D eigenvalue weighted by molar-refractivity contribution is 5.93. The lowest BCUT2D eigenvalue weighted by atomic mass is 10.0. The Balaban J connectivity index is 1.91. The molecule has 1 aromatic carbocycles. The van der Waals surface area contributed by atoms with E-state index < -0.39 is 0 Å². The Morgan fingerprint density at radius 2 is 2.21 bits per heavy atom. The summed E-state index contributed by atoms with van der Waals surface area (Å²) in [5, 5.41) is 8.68. The van der Waals surface area contributed by atoms with Crippen molar-refractivity contribution in [1.82, 2.24) is 10.6 Å². The van der Waals surface area contributed by atoms with Crippen molar-refractivity contribution in [2.45, 2.75) is 26.3 Å². The number of rotatable bonds is 5. The molecule has 1 aliphatic rings. The third-order valence-corrected chi connectivity index (χ3v) is 3.09. The number of fused-ring (bicyclic) bond motifs is 1. The molecule has 0 radical (unpaired) electrons. The summed E-state index contributed by atoms with van der Waals surface area (Å²) in [6.45, 7) is 3.61. The maximum Gasteiger partial charge on any atom is 0.234 e. The first-order chi connectivity index (χ1) is 9.19. The number of carbonyl (C=O) groups excluding carboxylic acids is 2. The molecular formula is C14H19N3O2. The largest absolute Gasteiger partial charge is 0.351 e. The molecular weight excluding hydrogens is 242 g/mol. The molecule has 0 aromatic heterocycles. The Bertz CT molecular complexity index is 486. The van der Waals surface area contributed by atoms with Crippen molar-refractivity contribution < 1.29 is 9.59 Å². The van der Waals surface area contributed by atoms with E-state index in [0.29, 0.717) is 19.5 Å². The lowest BCUT2D eigenvalue weighted by Gasteiger charge is -2.17. The van der Waals surface area contributed by atoms with Gasteiger partial charge in [0.05, 0.1) is 6.54 Å². The number of benzene rings is 1. The van der Waals surface area contributed by atoms with Crippen molar-refractivity contribution in [1.29, 1.82) is 0 Å². The minimum absolute atomic E-state index is 0.00660. The minimum atomic E-state index is -0.00660. The summed E-state index contributed by atoms with van der Waals surface area (Å²) in [7, 11) is 0. The second-order valence-corrected chi connectivity index (χ2v) is 4.60. The zero-order valence-corrected chi connectivity index (χ0v) is 11.1. The third kappa shape index (κ3) is 3.79. The minimum Gasteiger partial charge on any atom is -0.351 e. The molecule has 5 heteroatoms. The van der Waals surface area contributed by atoms with E-state index in [2.05, 4.69) is 16.0 Å². The van der Waals surface area contributed by atoms with Gasteiger partial charge in [-0.05, 0) is 30.2 Å². The first-order valence-electron chi connectivity index (χ1n) is 6.58. The van der Waals surface area contributed by atoms with Gasteiger partial charge in [0.25, 0.3) is 0 Å². The Morgan fingerprint density at radius 1 is 1.37 bits per heavy atom. The van der Waals surface area contributed by atoms with E-state index in [1.54, 1.807) is 0 Å². The van der Waals surface area contributed by atoms with E-state index in [1.165, 1.54) is 0 Å². The number of aryl methyl sites for hydroxylation is 1. The van der Waals surface area contributed by atoms with E-state index in [1.807, 2.05) is 25.1 Å². The molecule has 1 aliphatic heterocycles. The molecule has 2 amide bonds. The van der Waals surface area contributed by atoms with Crippen LogP contribution >= 0.6 is 0 Å². The lowest BCUT2D eigenvalue weighted by molar-refractivity contribution is -0.120. The second-order valence-electron chi connectivity index (χ2n) is 4.60. The molecule has 5 nitrogen and oxygen atoms in total. The van der Waals surface area contributed by atoms with Gasteiger partial charge in [0.15, 0.2) is 0 Å². The normalized spacial score (nSPS) is 13.6. The molecule has 3 N–H and O–H groups in total. The smallest absolute Gasteiger partial charge is 0.234 e. The molecule has 0 spiro atoms. The highest BCUT2D eigenvalue weighted by atomic mass is 16.2. The molecule has 2 rings (SSSR count). The Morgan fingerprint density at radius 3 is 3.00 bits per heavy atom. The van der Waals surface area contributed by atoms with Gasteiger partial charge in [0.1, 0.15) is 0 Å². The van der Waals surface area contributed by atoms with Crippen LogP contribution in [0.15, 0.2) is 18.2 Å². The fourth-order valence-electron chi connectivity index (χ4n) is 2.05. The van der Waals surface area contributed by atoms with Gasteiger partial charge in [-0.2, -0.15) is 0 Å². The summed E-state index contributed by atoms with van der Waals surface area (Å²) >= 11 is 0. The van der Waals surface area contributed by atoms with E-state index in [0.717, 1.165) is 29.8 Å². The van der Waals surface area contributed by atoms with Crippen molar-refractivity contribution >= 4 is 17.5 Å². The van der Waals surface area contributed by atoms with Crippen LogP contribution in [-0.4, -0.2) is 24.9 Å². The maximum atomic E-state index is 11.5. The first kappa shape index (κ1) is 13.5. The van der Waals surface area contributed by atoms with Crippen LogP contribution in [0.25, 0.3) is 0 Å². The number of nitrogens with one attached hydrogen (secondary N) is 3. The summed E-state index contributed by atoms with van der Waals surface area (Å²) in [5.41, 5.74) is 3.08. The molecule has 1 aromatic rings. The van der Waals surface area contributed by atoms with Crippen LogP contribution in [0.3, 0.4) is 0 Å². The SMILES string of the molecule is CCNCC(=O)NCc1ccc2c(c1)CCC(=O)N2. The van der Waals surface area contributed by atoms with Crippen LogP contribution in [0, 0.1) is 0 Å². The molecule has 0 unspecified atom stereocenters. The summed E-state index contributed by atoms with van der Waals surface area (Å²) in [5.74, 6) is 0.0621. The van der Waals surface area contributed by atoms with Gasteiger partial charge in [0, 0.05) is 18.7 Å². The maximum absolute atomic E-state index is 11.5. The summed E-state index contributed by atoms with van der Waals surface area (Å²) in [4.78, 5) is 22.7. The van der Waals surface area contributed by atoms with Crippen LogP contribution in [0.4, 0.5) is 5.69 Å². The van der Waals surface area contributed by atoms with Crippen LogP contribution in [0.5, 0.6) is 0 Å². The Kier molecular flexibility index (Phi) is 4.52. The van der Waals surface area contributed by atoms with Crippen molar-refractivity contribution in [3.05, 3.63) is 29.3 Å². The quantitative estimate of drug-likeness (QED) is 0.734. The summed E-state index contributed by atoms with van der Waals surface area (Å²) in [6.07, 6.45) is 1.30. The highest BCUT2D eigenvalue weighted by Gasteiger charge is 2.14. The van der Waals surface area contributed by atoms with E-state index in [9.17, 15) is 9.59 Å². The fraction of sp³-hybridized carbons (Fsp3) is 0.429. The number of anilines is 1. The van der Waals surface area contributed by atoms with E-state index in [4.69, 9.17) is 0 Å². The molecule has 0 bridgehead atoms. The molecule has 0 aliphatic carbocycles. The second kappa shape index (κ2) is 6.33. The van der Waals surface area contributed by atoms with Gasteiger partial charge in [-0.15, -0.1) is 0 Å². The first-order valence-corrected chi connectivity index (χ1v) is 6.58. The Hall–Kier alpha value is -1.88. The summed E-state index contributed by atoms with van der Waals surface area (Å²) < 4.78 is 0. The van der Waals surface area contributed by atoms with Gasteiger partial charge < -0.3 is 16.0 Å². The van der Waals surface area contributed by atoms with Crippen molar-refractivity contribution in [2.75, 3.05) is 18.4 Å². The molecule has 1 heterocycles. The van der Waals surface area contributed by atoms with Gasteiger partial charge >= 0.3 is 0 Å². The van der Waals surface area contributed by atoms with Crippen LogP contribution in [-0.2, 0) is 22.6 Å². The van der Waals surface area contributed by atoms with Crippen LogP contribution in [0.1, 0.15) is 24.5 Å². The van der Waals surface area contributed by atoms with E-state index in [-0.39, 0.29) is 11.8 Å². The monoisotopic (exact) mass is 261 g/mol. The fourth-order valence-corrected chi connectivity index (χ4v) is 2.05. The predicted octanol–water partition coefficient (Wildman–Crippen LogP) is 0.797. The molecule has 0 saturated carbocycles. The number of hydrogen-bond acceptors (Lipinski definition) is 3. The van der Waals surface area contributed by atoms with Gasteiger partial charge in [-0.3, -0.25) is 9.59 Å². The zero-order valence-electron chi connectivity index (χ0n) is 11.1. The Labute approximate surface area is 112 Å².